The molecule has 1 unspecified atom stereocenters. The Kier molecular flexibility index (Phi) is 5.99. The minimum atomic E-state index is -0.875. The number of ether oxygens (including phenoxy) is 1. The van der Waals surface area contributed by atoms with Crippen LogP contribution >= 0.6 is 0 Å². The van der Waals surface area contributed by atoms with Gasteiger partial charge in [0.05, 0.1) is 12.0 Å². The van der Waals surface area contributed by atoms with Crippen LogP contribution in [-0.2, 0) is 14.3 Å². The van der Waals surface area contributed by atoms with E-state index in [-0.39, 0.29) is 25.1 Å². The molecule has 21 heavy (non-hydrogen) atoms. The minimum absolute atomic E-state index is 0.0999. The highest BCUT2D eigenvalue weighted by Gasteiger charge is 2.40. The Morgan fingerprint density at radius 1 is 1.38 bits per heavy atom. The van der Waals surface area contributed by atoms with E-state index < -0.39 is 17.4 Å². The van der Waals surface area contributed by atoms with Crippen LogP contribution in [0.5, 0.6) is 0 Å². The van der Waals surface area contributed by atoms with Crippen molar-refractivity contribution in [3.05, 3.63) is 0 Å². The Morgan fingerprint density at radius 3 is 2.62 bits per heavy atom. The Morgan fingerprint density at radius 2 is 2.05 bits per heavy atom. The average Bonchev–Trinajstić information content (AvgIpc) is 2.45. The molecule has 1 rings (SSSR count). The van der Waals surface area contributed by atoms with E-state index in [0.717, 1.165) is 12.8 Å². The van der Waals surface area contributed by atoms with Gasteiger partial charge in [0.2, 0.25) is 0 Å². The minimum Gasteiger partial charge on any atom is -0.481 e. The van der Waals surface area contributed by atoms with E-state index in [1.54, 1.807) is 25.7 Å². The summed E-state index contributed by atoms with van der Waals surface area (Å²) in [5.74, 6) is -1.44. The van der Waals surface area contributed by atoms with Crippen LogP contribution in [0.3, 0.4) is 0 Å². The standard InChI is InChI=1S/C14H24N2O5/c1-4-21-11(17)8-15-13(20)16-7-5-6-10(9-16)14(2,3)12(18)19/h10H,4-9H2,1-3H3,(H,15,20)(H,18,19). The number of urea groups is 1. The highest BCUT2D eigenvalue weighted by Crippen LogP contribution is 2.34. The van der Waals surface area contributed by atoms with E-state index in [4.69, 9.17) is 4.74 Å². The number of aliphatic carboxylic acids is 1. The quantitative estimate of drug-likeness (QED) is 0.741. The Hall–Kier alpha value is -1.79. The summed E-state index contributed by atoms with van der Waals surface area (Å²) in [5, 5.41) is 11.8. The second-order valence-electron chi connectivity index (χ2n) is 5.78. The number of hydrogen-bond acceptors (Lipinski definition) is 4. The number of carbonyl (C=O) groups is 3. The normalized spacial score (nSPS) is 19.0. The molecule has 0 aromatic carbocycles. The van der Waals surface area contributed by atoms with Gasteiger partial charge >= 0.3 is 18.0 Å². The first-order chi connectivity index (χ1) is 9.78. The van der Waals surface area contributed by atoms with Crippen LogP contribution in [0.1, 0.15) is 33.6 Å². The smallest absolute Gasteiger partial charge is 0.325 e. The van der Waals surface area contributed by atoms with Crippen molar-refractivity contribution in [1.29, 1.82) is 0 Å². The molecule has 2 amide bonds. The van der Waals surface area contributed by atoms with Gasteiger partial charge in [0.25, 0.3) is 0 Å². The van der Waals surface area contributed by atoms with Crippen LogP contribution in [0.2, 0.25) is 0 Å². The zero-order chi connectivity index (χ0) is 16.0. The number of hydrogen-bond donors (Lipinski definition) is 2. The van der Waals surface area contributed by atoms with Crippen LogP contribution in [0.4, 0.5) is 4.79 Å². The number of carbonyl (C=O) groups excluding carboxylic acids is 2. The number of piperidine rings is 1. The van der Waals surface area contributed by atoms with Crippen molar-refractivity contribution in [3.8, 4) is 0 Å². The van der Waals surface area contributed by atoms with Crippen molar-refractivity contribution in [3.63, 3.8) is 0 Å². The van der Waals surface area contributed by atoms with Crippen molar-refractivity contribution >= 4 is 18.0 Å². The largest absolute Gasteiger partial charge is 0.481 e. The van der Waals surface area contributed by atoms with Crippen LogP contribution < -0.4 is 5.32 Å². The molecule has 7 nitrogen and oxygen atoms in total. The number of likely N-dealkylation sites (tertiary alicyclic amines) is 1. The van der Waals surface area contributed by atoms with E-state index in [1.807, 2.05) is 0 Å². The van der Waals surface area contributed by atoms with E-state index in [9.17, 15) is 19.5 Å². The van der Waals surface area contributed by atoms with Crippen LogP contribution in [-0.4, -0.2) is 54.2 Å². The monoisotopic (exact) mass is 300 g/mol. The third kappa shape index (κ3) is 4.61. The van der Waals surface area contributed by atoms with Crippen LogP contribution in [0.25, 0.3) is 0 Å². The van der Waals surface area contributed by atoms with Gasteiger partial charge in [-0.25, -0.2) is 4.79 Å². The average molecular weight is 300 g/mol. The molecule has 120 valence electrons. The summed E-state index contributed by atoms with van der Waals surface area (Å²) >= 11 is 0. The van der Waals surface area contributed by atoms with Gasteiger partial charge in [0, 0.05) is 13.1 Å². The number of esters is 1. The van der Waals surface area contributed by atoms with Gasteiger partial charge < -0.3 is 20.1 Å². The van der Waals surface area contributed by atoms with E-state index in [1.165, 1.54) is 0 Å². The molecule has 1 aliphatic rings. The molecule has 1 atom stereocenters. The summed E-state index contributed by atoms with van der Waals surface area (Å²) < 4.78 is 4.74. The maximum absolute atomic E-state index is 12.0. The molecule has 1 heterocycles. The van der Waals surface area contributed by atoms with Gasteiger partial charge in [0.15, 0.2) is 0 Å². The van der Waals surface area contributed by atoms with Crippen molar-refractivity contribution in [2.45, 2.75) is 33.6 Å². The lowest BCUT2D eigenvalue weighted by molar-refractivity contribution is -0.151. The second-order valence-corrected chi connectivity index (χ2v) is 5.78. The molecular weight excluding hydrogens is 276 g/mol. The molecule has 0 radical (unpaired) electrons. The highest BCUT2D eigenvalue weighted by molar-refractivity contribution is 5.81. The van der Waals surface area contributed by atoms with Gasteiger partial charge in [-0.1, -0.05) is 0 Å². The Bertz CT molecular complexity index is 408. The molecule has 1 aliphatic heterocycles. The number of nitrogens with one attached hydrogen (secondary N) is 1. The summed E-state index contributed by atoms with van der Waals surface area (Å²) in [6, 6.07) is -0.353. The number of carboxylic acids is 1. The zero-order valence-electron chi connectivity index (χ0n) is 12.8. The fourth-order valence-electron chi connectivity index (χ4n) is 2.40. The highest BCUT2D eigenvalue weighted by atomic mass is 16.5. The predicted octanol–water partition coefficient (Wildman–Crippen LogP) is 1.08. The first-order valence-electron chi connectivity index (χ1n) is 7.20. The topological polar surface area (TPSA) is 95.9 Å². The summed E-state index contributed by atoms with van der Waals surface area (Å²) in [7, 11) is 0. The summed E-state index contributed by atoms with van der Waals surface area (Å²) in [4.78, 5) is 36.1. The lowest BCUT2D eigenvalue weighted by atomic mass is 9.74. The van der Waals surface area contributed by atoms with Gasteiger partial charge in [-0.05, 0) is 39.5 Å². The maximum atomic E-state index is 12.0. The number of amides is 2. The SMILES string of the molecule is CCOC(=O)CNC(=O)N1CCCC(C(C)(C)C(=O)O)C1. The number of nitrogens with zero attached hydrogens (tertiary/aromatic N) is 1. The third-order valence-electron chi connectivity index (χ3n) is 3.97. The van der Waals surface area contributed by atoms with Gasteiger partial charge in [-0.15, -0.1) is 0 Å². The lowest BCUT2D eigenvalue weighted by Gasteiger charge is -2.39. The molecule has 1 fully saturated rings. The van der Waals surface area contributed by atoms with Crippen molar-refractivity contribution in [2.24, 2.45) is 11.3 Å². The predicted molar refractivity (Wildman–Crippen MR) is 75.7 cm³/mol. The van der Waals surface area contributed by atoms with E-state index >= 15 is 0 Å². The molecule has 0 bridgehead atoms. The Balaban J connectivity index is 2.54. The van der Waals surface area contributed by atoms with Gasteiger partial charge in [-0.2, -0.15) is 0 Å². The van der Waals surface area contributed by atoms with E-state index in [2.05, 4.69) is 5.32 Å². The second kappa shape index (κ2) is 7.28. The molecular formula is C14H24N2O5. The summed E-state index contributed by atoms with van der Waals surface area (Å²) in [6.07, 6.45) is 1.54. The molecule has 2 N–H and O–H groups in total. The van der Waals surface area contributed by atoms with Crippen molar-refractivity contribution in [2.75, 3.05) is 26.2 Å². The third-order valence-corrected chi connectivity index (χ3v) is 3.97. The molecule has 0 aliphatic carbocycles. The van der Waals surface area contributed by atoms with E-state index in [0.29, 0.717) is 13.1 Å². The first-order valence-corrected chi connectivity index (χ1v) is 7.20. The molecule has 1 saturated heterocycles. The van der Waals surface area contributed by atoms with Crippen molar-refractivity contribution in [1.82, 2.24) is 10.2 Å². The molecule has 7 heteroatoms. The first kappa shape index (κ1) is 17.3. The molecule has 0 spiro atoms. The Labute approximate surface area is 124 Å². The maximum Gasteiger partial charge on any atom is 0.325 e. The van der Waals surface area contributed by atoms with Crippen LogP contribution in [0.15, 0.2) is 0 Å². The van der Waals surface area contributed by atoms with Crippen LogP contribution in [0, 0.1) is 11.3 Å². The lowest BCUT2D eigenvalue weighted by Crippen LogP contribution is -2.50. The molecule has 0 aromatic heterocycles. The number of rotatable bonds is 5. The summed E-state index contributed by atoms with van der Waals surface area (Å²) in [5.41, 5.74) is -0.875. The fraction of sp³-hybridized carbons (Fsp3) is 0.786. The van der Waals surface area contributed by atoms with Crippen molar-refractivity contribution < 1.29 is 24.2 Å². The number of carboxylic acid groups (broad SMARTS) is 1. The van der Waals surface area contributed by atoms with Gasteiger partial charge in [0.1, 0.15) is 6.54 Å². The van der Waals surface area contributed by atoms with Gasteiger partial charge in [-0.3, -0.25) is 9.59 Å². The zero-order valence-corrected chi connectivity index (χ0v) is 12.8. The fourth-order valence-corrected chi connectivity index (χ4v) is 2.40. The molecule has 0 aromatic rings. The molecule has 0 saturated carbocycles. The summed E-state index contributed by atoms with van der Waals surface area (Å²) in [6.45, 7) is 6.11.